The third-order valence-electron chi connectivity index (χ3n) is 6.50. The van der Waals surface area contributed by atoms with Gasteiger partial charge in [-0.2, -0.15) is 0 Å². The van der Waals surface area contributed by atoms with Crippen molar-refractivity contribution in [2.45, 2.75) is 51.0 Å². The summed E-state index contributed by atoms with van der Waals surface area (Å²) in [4.78, 5) is 22.6. The van der Waals surface area contributed by atoms with Crippen LogP contribution in [-0.2, 0) is 9.59 Å². The van der Waals surface area contributed by atoms with Crippen LogP contribution in [0, 0.1) is 29.6 Å². The van der Waals surface area contributed by atoms with Crippen LogP contribution in [0.3, 0.4) is 0 Å². The molecule has 0 aliphatic heterocycles. The first kappa shape index (κ1) is 16.0. The van der Waals surface area contributed by atoms with Gasteiger partial charge in [-0.3, -0.25) is 4.79 Å². The van der Waals surface area contributed by atoms with E-state index in [0.29, 0.717) is 30.4 Å². The molecular formula is C19H22O4. The van der Waals surface area contributed by atoms with Crippen LogP contribution < -0.4 is 0 Å². The molecule has 3 aliphatic rings. The Morgan fingerprint density at radius 1 is 1.35 bits per heavy atom. The monoisotopic (exact) mass is 314 g/mol. The van der Waals surface area contributed by atoms with Crippen LogP contribution in [0.4, 0.5) is 0 Å². The SMILES string of the molecule is C#C[C@]1(O)CC[C@H]2[C@@H]3CC/C(=C/C(=O)O)C(C=O)=C3CC[C@@]21C. The van der Waals surface area contributed by atoms with Crippen LogP contribution in [0.1, 0.15) is 45.4 Å². The molecule has 3 aliphatic carbocycles. The number of aliphatic hydroxyl groups is 1. The average molecular weight is 314 g/mol. The van der Waals surface area contributed by atoms with Crippen molar-refractivity contribution in [3.63, 3.8) is 0 Å². The fourth-order valence-corrected chi connectivity index (χ4v) is 5.18. The lowest BCUT2D eigenvalue weighted by Gasteiger charge is -2.49. The topological polar surface area (TPSA) is 74.6 Å². The summed E-state index contributed by atoms with van der Waals surface area (Å²) in [6.07, 6.45) is 11.9. The second-order valence-corrected chi connectivity index (χ2v) is 7.28. The molecule has 4 nitrogen and oxygen atoms in total. The average Bonchev–Trinajstić information content (AvgIpc) is 2.79. The number of carboxylic acid groups (broad SMARTS) is 1. The molecule has 0 aromatic heterocycles. The van der Waals surface area contributed by atoms with E-state index in [9.17, 15) is 14.7 Å². The minimum atomic E-state index is -1.07. The van der Waals surface area contributed by atoms with Crippen molar-refractivity contribution in [3.05, 3.63) is 22.8 Å². The van der Waals surface area contributed by atoms with Gasteiger partial charge in [-0.1, -0.05) is 18.4 Å². The number of terminal acetylenes is 1. The highest BCUT2D eigenvalue weighted by Crippen LogP contribution is 2.62. The maximum atomic E-state index is 11.6. The number of rotatable bonds is 2. The molecule has 0 radical (unpaired) electrons. The minimum absolute atomic E-state index is 0.224. The molecule has 0 bridgehead atoms. The molecule has 0 aromatic carbocycles. The van der Waals surface area contributed by atoms with Crippen molar-refractivity contribution in [3.8, 4) is 12.3 Å². The number of carbonyl (C=O) groups is 2. The molecule has 0 spiro atoms. The van der Waals surface area contributed by atoms with E-state index in [-0.39, 0.29) is 17.3 Å². The van der Waals surface area contributed by atoms with Crippen LogP contribution in [0.5, 0.6) is 0 Å². The molecule has 0 saturated heterocycles. The van der Waals surface area contributed by atoms with E-state index in [2.05, 4.69) is 12.8 Å². The molecule has 2 N–H and O–H groups in total. The number of hydrogen-bond donors (Lipinski definition) is 2. The number of aldehydes is 1. The summed E-state index contributed by atoms with van der Waals surface area (Å²) in [6, 6.07) is 0. The van der Waals surface area contributed by atoms with E-state index >= 15 is 0 Å². The fraction of sp³-hybridized carbons (Fsp3) is 0.579. The molecule has 2 saturated carbocycles. The quantitative estimate of drug-likeness (QED) is 0.466. The fourth-order valence-electron chi connectivity index (χ4n) is 5.18. The number of allylic oxidation sites excluding steroid dienone is 3. The van der Waals surface area contributed by atoms with E-state index in [1.165, 1.54) is 0 Å². The summed E-state index contributed by atoms with van der Waals surface area (Å²) < 4.78 is 0. The smallest absolute Gasteiger partial charge is 0.328 e. The van der Waals surface area contributed by atoms with Gasteiger partial charge in [0.1, 0.15) is 11.9 Å². The van der Waals surface area contributed by atoms with Crippen LogP contribution in [0.15, 0.2) is 22.8 Å². The Bertz CT molecular complexity index is 665. The summed E-state index contributed by atoms with van der Waals surface area (Å²) in [7, 11) is 0. The van der Waals surface area contributed by atoms with Gasteiger partial charge in [0.05, 0.1) is 0 Å². The Morgan fingerprint density at radius 2 is 2.09 bits per heavy atom. The molecule has 3 rings (SSSR count). The van der Waals surface area contributed by atoms with E-state index in [1.54, 1.807) is 0 Å². The molecule has 2 fully saturated rings. The Kier molecular flexibility index (Phi) is 3.72. The number of carboxylic acids is 1. The highest BCUT2D eigenvalue weighted by atomic mass is 16.4. The van der Waals surface area contributed by atoms with Gasteiger partial charge < -0.3 is 10.2 Å². The van der Waals surface area contributed by atoms with Gasteiger partial charge in [-0.25, -0.2) is 4.79 Å². The van der Waals surface area contributed by atoms with Crippen molar-refractivity contribution in [1.82, 2.24) is 0 Å². The van der Waals surface area contributed by atoms with Gasteiger partial charge in [0.25, 0.3) is 0 Å². The predicted molar refractivity (Wildman–Crippen MR) is 85.4 cm³/mol. The highest BCUT2D eigenvalue weighted by molar-refractivity contribution is 5.89. The number of fused-ring (bicyclic) bond motifs is 3. The Hall–Kier alpha value is -1.86. The normalized spacial score (nSPS) is 41.2. The van der Waals surface area contributed by atoms with Crippen molar-refractivity contribution >= 4 is 12.3 Å². The van der Waals surface area contributed by atoms with E-state index in [4.69, 9.17) is 11.5 Å². The van der Waals surface area contributed by atoms with Crippen molar-refractivity contribution in [1.29, 1.82) is 0 Å². The first-order chi connectivity index (χ1) is 10.9. The van der Waals surface area contributed by atoms with E-state index in [0.717, 1.165) is 37.2 Å². The lowest BCUT2D eigenvalue weighted by molar-refractivity contribution is -0.131. The number of aliphatic carboxylic acids is 1. The Labute approximate surface area is 136 Å². The van der Waals surface area contributed by atoms with E-state index < -0.39 is 11.6 Å². The molecule has 23 heavy (non-hydrogen) atoms. The summed E-state index contributed by atoms with van der Waals surface area (Å²) >= 11 is 0. The largest absolute Gasteiger partial charge is 0.478 e. The van der Waals surface area contributed by atoms with Crippen molar-refractivity contribution < 1.29 is 19.8 Å². The molecule has 0 heterocycles. The standard InChI is InChI=1S/C19H22O4/c1-3-19(23)9-7-16-14-5-4-12(10-17(21)22)15(11-20)13(14)6-8-18(16,19)2/h1,10-11,14,16,23H,4-9H2,2H3,(H,21,22)/b12-10-/t14-,16+,18+,19+/m1/s1. The maximum Gasteiger partial charge on any atom is 0.328 e. The second-order valence-electron chi connectivity index (χ2n) is 7.28. The van der Waals surface area contributed by atoms with E-state index in [1.807, 2.05) is 0 Å². The Balaban J connectivity index is 2.03. The first-order valence-corrected chi connectivity index (χ1v) is 8.18. The molecule has 4 heteroatoms. The third-order valence-corrected chi connectivity index (χ3v) is 6.50. The first-order valence-electron chi connectivity index (χ1n) is 8.18. The Morgan fingerprint density at radius 3 is 2.70 bits per heavy atom. The summed E-state index contributed by atoms with van der Waals surface area (Å²) in [6.45, 7) is 2.07. The molecule has 0 amide bonds. The maximum absolute atomic E-state index is 11.6. The summed E-state index contributed by atoms with van der Waals surface area (Å²) in [5.41, 5.74) is 0.886. The van der Waals surface area contributed by atoms with Gasteiger partial charge in [0.15, 0.2) is 0 Å². The van der Waals surface area contributed by atoms with Crippen LogP contribution in [0.25, 0.3) is 0 Å². The van der Waals surface area contributed by atoms with Gasteiger partial charge in [0.2, 0.25) is 0 Å². The minimum Gasteiger partial charge on any atom is -0.478 e. The number of hydrogen-bond acceptors (Lipinski definition) is 3. The molecule has 122 valence electrons. The second kappa shape index (κ2) is 5.35. The summed E-state index contributed by atoms with van der Waals surface area (Å²) in [5, 5.41) is 19.8. The lowest BCUT2D eigenvalue weighted by Crippen LogP contribution is -2.48. The van der Waals surface area contributed by atoms with Crippen molar-refractivity contribution in [2.75, 3.05) is 0 Å². The van der Waals surface area contributed by atoms with Crippen LogP contribution in [0.2, 0.25) is 0 Å². The van der Waals surface area contributed by atoms with Crippen LogP contribution >= 0.6 is 0 Å². The van der Waals surface area contributed by atoms with Gasteiger partial charge in [-0.05, 0) is 55.9 Å². The van der Waals surface area contributed by atoms with Gasteiger partial charge in [-0.15, -0.1) is 6.42 Å². The zero-order valence-electron chi connectivity index (χ0n) is 13.3. The molecule has 4 atom stereocenters. The predicted octanol–water partition coefficient (Wildman–Crippen LogP) is 2.48. The highest BCUT2D eigenvalue weighted by Gasteiger charge is 2.60. The summed E-state index contributed by atoms with van der Waals surface area (Å²) in [5.74, 6) is 2.09. The molecule has 0 aromatic rings. The third kappa shape index (κ3) is 2.18. The van der Waals surface area contributed by atoms with Crippen LogP contribution in [-0.4, -0.2) is 28.1 Å². The van der Waals surface area contributed by atoms with Gasteiger partial charge >= 0.3 is 5.97 Å². The van der Waals surface area contributed by atoms with Crippen molar-refractivity contribution in [2.24, 2.45) is 17.3 Å². The number of carbonyl (C=O) groups excluding carboxylic acids is 1. The van der Waals surface area contributed by atoms with Gasteiger partial charge in [0, 0.05) is 17.1 Å². The zero-order valence-corrected chi connectivity index (χ0v) is 13.3. The molecular weight excluding hydrogens is 292 g/mol. The molecule has 0 unspecified atom stereocenters. The lowest BCUT2D eigenvalue weighted by atomic mass is 9.55. The zero-order chi connectivity index (χ0) is 16.8.